The molecule has 0 fully saturated rings. The molecule has 4 nitrogen and oxygen atoms in total. The van der Waals surface area contributed by atoms with E-state index in [9.17, 15) is 4.79 Å². The number of ketones is 1. The fourth-order valence-corrected chi connectivity index (χ4v) is 0.853. The Kier molecular flexibility index (Phi) is 5.79. The van der Waals surface area contributed by atoms with E-state index in [2.05, 4.69) is 4.99 Å². The lowest BCUT2D eigenvalue weighted by Gasteiger charge is -2.05. The number of Topliss-reactive ketones (excluding diaryl/α,β-unsaturated/α-hetero) is 1. The molecule has 0 amide bonds. The zero-order valence-corrected chi connectivity index (χ0v) is 9.24. The molecule has 0 rings (SSSR count). The van der Waals surface area contributed by atoms with E-state index in [1.807, 2.05) is 19.0 Å². The Hall–Kier alpha value is -1.16. The number of hydrogen-bond donors (Lipinski definition) is 1. The van der Waals surface area contributed by atoms with E-state index < -0.39 is 0 Å². The van der Waals surface area contributed by atoms with Gasteiger partial charge in [-0.15, -0.1) is 0 Å². The maximum absolute atomic E-state index is 11.0. The van der Waals surface area contributed by atoms with Crippen LogP contribution in [0.25, 0.3) is 0 Å². The van der Waals surface area contributed by atoms with Gasteiger partial charge in [0.25, 0.3) is 0 Å². The summed E-state index contributed by atoms with van der Waals surface area (Å²) in [6.07, 6.45) is 1.43. The van der Waals surface area contributed by atoms with Crippen LogP contribution in [0.3, 0.4) is 0 Å². The molecular formula is C10H18N2O2. The van der Waals surface area contributed by atoms with Gasteiger partial charge in [-0.2, -0.15) is 0 Å². The standard InChI is InChI=1S/C10H18N2O2/c1-8(13)10(9(2)14)7-11-5-6-12(3)4/h7,13H,5-6H2,1-4H3/b10-8+,11-7?. The minimum absolute atomic E-state index is 0.0195. The van der Waals surface area contributed by atoms with E-state index >= 15 is 0 Å². The molecule has 0 aromatic heterocycles. The van der Waals surface area contributed by atoms with Crippen LogP contribution in [0.2, 0.25) is 0 Å². The van der Waals surface area contributed by atoms with E-state index in [1.165, 1.54) is 20.1 Å². The third-order valence-corrected chi connectivity index (χ3v) is 1.67. The molecule has 0 unspecified atom stereocenters. The molecule has 0 aromatic carbocycles. The molecular weight excluding hydrogens is 180 g/mol. The Labute approximate surface area is 84.9 Å². The summed E-state index contributed by atoms with van der Waals surface area (Å²) in [5.74, 6) is -0.148. The van der Waals surface area contributed by atoms with Gasteiger partial charge < -0.3 is 10.0 Å². The van der Waals surface area contributed by atoms with E-state index in [4.69, 9.17) is 5.11 Å². The first kappa shape index (κ1) is 12.8. The smallest absolute Gasteiger partial charge is 0.164 e. The summed E-state index contributed by atoms with van der Waals surface area (Å²) in [6, 6.07) is 0. The van der Waals surface area contributed by atoms with Crippen molar-refractivity contribution in [2.75, 3.05) is 27.2 Å². The van der Waals surface area contributed by atoms with Crippen LogP contribution in [0.4, 0.5) is 0 Å². The van der Waals surface area contributed by atoms with Gasteiger partial charge >= 0.3 is 0 Å². The van der Waals surface area contributed by atoms with Crippen LogP contribution >= 0.6 is 0 Å². The Morgan fingerprint density at radius 1 is 1.43 bits per heavy atom. The third kappa shape index (κ3) is 5.48. The second-order valence-electron chi connectivity index (χ2n) is 3.39. The lowest BCUT2D eigenvalue weighted by atomic mass is 10.2. The van der Waals surface area contributed by atoms with Crippen molar-refractivity contribution in [3.8, 4) is 0 Å². The molecule has 0 heterocycles. The Bertz CT molecular complexity index is 251. The molecule has 14 heavy (non-hydrogen) atoms. The van der Waals surface area contributed by atoms with Crippen molar-refractivity contribution in [3.63, 3.8) is 0 Å². The fourth-order valence-electron chi connectivity index (χ4n) is 0.853. The predicted octanol–water partition coefficient (Wildman–Crippen LogP) is 1.04. The van der Waals surface area contributed by atoms with Crippen molar-refractivity contribution in [2.45, 2.75) is 13.8 Å². The molecule has 0 saturated heterocycles. The van der Waals surface area contributed by atoms with Gasteiger partial charge in [-0.3, -0.25) is 9.79 Å². The number of aliphatic hydroxyl groups is 1. The average Bonchev–Trinajstić information content (AvgIpc) is 2.01. The summed E-state index contributed by atoms with van der Waals surface area (Å²) in [6.45, 7) is 4.34. The van der Waals surface area contributed by atoms with Crippen molar-refractivity contribution < 1.29 is 9.90 Å². The molecule has 0 aliphatic heterocycles. The fraction of sp³-hybridized carbons (Fsp3) is 0.600. The van der Waals surface area contributed by atoms with E-state index in [0.29, 0.717) is 6.54 Å². The number of nitrogens with zero attached hydrogens (tertiary/aromatic N) is 2. The Balaban J connectivity index is 4.20. The highest BCUT2D eigenvalue weighted by atomic mass is 16.3. The number of aliphatic imine (C=N–C) groups is 1. The van der Waals surface area contributed by atoms with Crippen LogP contribution in [-0.2, 0) is 4.79 Å². The number of likely N-dealkylation sites (N-methyl/N-ethyl adjacent to an activating group) is 1. The predicted molar refractivity (Wildman–Crippen MR) is 57.9 cm³/mol. The van der Waals surface area contributed by atoms with Crippen LogP contribution < -0.4 is 0 Å². The summed E-state index contributed by atoms with van der Waals surface area (Å²) < 4.78 is 0. The van der Waals surface area contributed by atoms with Crippen molar-refractivity contribution in [2.24, 2.45) is 4.99 Å². The first-order valence-corrected chi connectivity index (χ1v) is 4.50. The summed E-state index contributed by atoms with van der Waals surface area (Å²) in [4.78, 5) is 17.0. The van der Waals surface area contributed by atoms with Gasteiger partial charge in [-0.1, -0.05) is 0 Å². The number of aliphatic hydroxyl groups excluding tert-OH is 1. The molecule has 0 aliphatic carbocycles. The van der Waals surface area contributed by atoms with Gasteiger partial charge in [-0.25, -0.2) is 0 Å². The lowest BCUT2D eigenvalue weighted by Crippen LogP contribution is -2.15. The van der Waals surface area contributed by atoms with E-state index in [-0.39, 0.29) is 17.1 Å². The third-order valence-electron chi connectivity index (χ3n) is 1.67. The van der Waals surface area contributed by atoms with Crippen LogP contribution in [-0.4, -0.2) is 49.2 Å². The quantitative estimate of drug-likeness (QED) is 0.408. The molecule has 0 spiro atoms. The highest BCUT2D eigenvalue weighted by Crippen LogP contribution is 1.99. The first-order chi connectivity index (χ1) is 6.45. The van der Waals surface area contributed by atoms with Crippen molar-refractivity contribution >= 4 is 12.0 Å². The monoisotopic (exact) mass is 198 g/mol. The van der Waals surface area contributed by atoms with Crippen molar-refractivity contribution in [1.82, 2.24) is 4.90 Å². The van der Waals surface area contributed by atoms with Crippen molar-refractivity contribution in [1.29, 1.82) is 0 Å². The number of carbonyl (C=O) groups is 1. The van der Waals surface area contributed by atoms with Crippen LogP contribution in [0.5, 0.6) is 0 Å². The second-order valence-corrected chi connectivity index (χ2v) is 3.39. The van der Waals surface area contributed by atoms with Crippen molar-refractivity contribution in [3.05, 3.63) is 11.3 Å². The number of hydrogen-bond acceptors (Lipinski definition) is 4. The number of carbonyl (C=O) groups excluding carboxylic acids is 1. The summed E-state index contributed by atoms with van der Waals surface area (Å²) in [5, 5.41) is 9.15. The van der Waals surface area contributed by atoms with E-state index in [1.54, 1.807) is 0 Å². The first-order valence-electron chi connectivity index (χ1n) is 4.50. The summed E-state index contributed by atoms with van der Waals surface area (Å²) in [5.41, 5.74) is 0.281. The topological polar surface area (TPSA) is 52.9 Å². The molecule has 0 atom stereocenters. The molecule has 1 N–H and O–H groups in total. The normalized spacial score (nSPS) is 13.5. The lowest BCUT2D eigenvalue weighted by molar-refractivity contribution is -0.113. The summed E-state index contributed by atoms with van der Waals surface area (Å²) >= 11 is 0. The highest BCUT2D eigenvalue weighted by Gasteiger charge is 2.03. The van der Waals surface area contributed by atoms with Gasteiger partial charge in [0.1, 0.15) is 5.76 Å². The Morgan fingerprint density at radius 2 is 2.00 bits per heavy atom. The molecule has 0 aliphatic rings. The van der Waals surface area contributed by atoms with Crippen LogP contribution in [0.15, 0.2) is 16.3 Å². The summed E-state index contributed by atoms with van der Waals surface area (Å²) in [7, 11) is 3.91. The van der Waals surface area contributed by atoms with E-state index in [0.717, 1.165) is 6.54 Å². The molecule has 4 heteroatoms. The molecule has 80 valence electrons. The minimum Gasteiger partial charge on any atom is -0.512 e. The SMILES string of the molecule is CC(=O)/C(C=NCCN(C)C)=C(\C)O. The average molecular weight is 198 g/mol. The molecule has 0 bridgehead atoms. The zero-order chi connectivity index (χ0) is 11.1. The van der Waals surface area contributed by atoms with Crippen LogP contribution in [0.1, 0.15) is 13.8 Å². The van der Waals surface area contributed by atoms with Gasteiger partial charge in [-0.05, 0) is 27.9 Å². The molecule has 0 saturated carbocycles. The van der Waals surface area contributed by atoms with Gasteiger partial charge in [0.05, 0.1) is 12.1 Å². The maximum Gasteiger partial charge on any atom is 0.164 e. The Morgan fingerprint density at radius 3 is 2.36 bits per heavy atom. The second kappa shape index (κ2) is 6.32. The zero-order valence-electron chi connectivity index (χ0n) is 9.24. The largest absolute Gasteiger partial charge is 0.512 e. The molecule has 0 radical (unpaired) electrons. The number of rotatable bonds is 5. The van der Waals surface area contributed by atoms with Gasteiger partial charge in [0.2, 0.25) is 0 Å². The minimum atomic E-state index is -0.168. The van der Waals surface area contributed by atoms with Crippen LogP contribution in [0, 0.1) is 0 Å². The van der Waals surface area contributed by atoms with Gasteiger partial charge in [0.15, 0.2) is 5.78 Å². The maximum atomic E-state index is 11.0. The number of allylic oxidation sites excluding steroid dienone is 2. The van der Waals surface area contributed by atoms with Gasteiger partial charge in [0, 0.05) is 12.8 Å². The highest BCUT2D eigenvalue weighted by molar-refractivity contribution is 6.12. The molecule has 0 aromatic rings.